The molecule has 0 aliphatic carbocycles. The predicted molar refractivity (Wildman–Crippen MR) is 63.3 cm³/mol. The van der Waals surface area contributed by atoms with E-state index in [1.165, 1.54) is 6.20 Å². The van der Waals surface area contributed by atoms with Crippen LogP contribution in [0.25, 0.3) is 0 Å². The van der Waals surface area contributed by atoms with Gasteiger partial charge in [0.15, 0.2) is 5.78 Å². The lowest BCUT2D eigenvalue weighted by Crippen LogP contribution is -2.31. The van der Waals surface area contributed by atoms with Crippen LogP contribution in [0.15, 0.2) is 11.8 Å². The van der Waals surface area contributed by atoms with Crippen LogP contribution < -0.4 is 0 Å². The van der Waals surface area contributed by atoms with Crippen molar-refractivity contribution < 1.29 is 19.1 Å². The molecule has 0 aromatic carbocycles. The maximum absolute atomic E-state index is 12.0. The monoisotopic (exact) mass is 241 g/mol. The quantitative estimate of drug-likeness (QED) is 0.239. The summed E-state index contributed by atoms with van der Waals surface area (Å²) < 4.78 is 4.34. The van der Waals surface area contributed by atoms with Crippen LogP contribution in [0.3, 0.4) is 0 Å². The van der Waals surface area contributed by atoms with E-state index >= 15 is 0 Å². The summed E-state index contributed by atoms with van der Waals surface area (Å²) >= 11 is 0. The molecule has 0 aromatic rings. The first-order valence-corrected chi connectivity index (χ1v) is 5.17. The van der Waals surface area contributed by atoms with Gasteiger partial charge in [0.05, 0.1) is 12.7 Å². The van der Waals surface area contributed by atoms with Gasteiger partial charge in [0.25, 0.3) is 5.78 Å². The van der Waals surface area contributed by atoms with Crippen LogP contribution in [-0.4, -0.2) is 43.6 Å². The zero-order chi connectivity index (χ0) is 13.8. The van der Waals surface area contributed by atoms with Crippen molar-refractivity contribution in [2.24, 2.45) is 5.41 Å². The van der Waals surface area contributed by atoms with E-state index < -0.39 is 17.2 Å². The van der Waals surface area contributed by atoms with Crippen molar-refractivity contribution in [2.75, 3.05) is 21.2 Å². The van der Waals surface area contributed by atoms with Gasteiger partial charge in [-0.25, -0.2) is 4.79 Å². The molecule has 0 amide bonds. The molecule has 5 heteroatoms. The Balaban J connectivity index is 5.40. The average molecular weight is 241 g/mol. The van der Waals surface area contributed by atoms with Gasteiger partial charge in [-0.15, -0.1) is 0 Å². The number of esters is 1. The Morgan fingerprint density at radius 1 is 1.12 bits per heavy atom. The van der Waals surface area contributed by atoms with Gasteiger partial charge in [-0.05, 0) is 0 Å². The first-order valence-electron chi connectivity index (χ1n) is 5.17. The number of ketones is 2. The van der Waals surface area contributed by atoms with E-state index in [2.05, 4.69) is 4.74 Å². The molecular formula is C12H19NO4. The molecule has 0 saturated carbocycles. The number of methoxy groups -OCH3 is 1. The standard InChI is InChI=1S/C12H19NO4/c1-12(2,3)10(15)8(7-13(4)5)9(14)11(16)17-6/h7H,1-6H3/b8-7-. The minimum absolute atomic E-state index is 0.158. The van der Waals surface area contributed by atoms with Crippen LogP contribution in [0.2, 0.25) is 0 Å². The van der Waals surface area contributed by atoms with Gasteiger partial charge in [0, 0.05) is 25.7 Å². The molecule has 0 unspecified atom stereocenters. The highest BCUT2D eigenvalue weighted by atomic mass is 16.5. The van der Waals surface area contributed by atoms with Gasteiger partial charge in [-0.1, -0.05) is 20.8 Å². The van der Waals surface area contributed by atoms with E-state index in [-0.39, 0.29) is 11.4 Å². The normalized spacial score (nSPS) is 12.0. The molecule has 0 N–H and O–H groups in total. The summed E-state index contributed by atoms with van der Waals surface area (Å²) in [7, 11) is 4.44. The molecule has 0 heterocycles. The van der Waals surface area contributed by atoms with E-state index in [9.17, 15) is 14.4 Å². The number of hydrogen-bond donors (Lipinski definition) is 0. The largest absolute Gasteiger partial charge is 0.463 e. The van der Waals surface area contributed by atoms with Crippen molar-refractivity contribution in [3.05, 3.63) is 11.8 Å². The zero-order valence-electron chi connectivity index (χ0n) is 11.2. The van der Waals surface area contributed by atoms with Gasteiger partial charge in [-0.3, -0.25) is 9.59 Å². The minimum atomic E-state index is -1.03. The molecule has 0 atom stereocenters. The highest BCUT2D eigenvalue weighted by molar-refractivity contribution is 6.47. The van der Waals surface area contributed by atoms with Gasteiger partial charge in [0.1, 0.15) is 0 Å². The molecule has 0 spiro atoms. The molecule has 96 valence electrons. The van der Waals surface area contributed by atoms with Crippen molar-refractivity contribution >= 4 is 17.5 Å². The van der Waals surface area contributed by atoms with Crippen molar-refractivity contribution in [2.45, 2.75) is 20.8 Å². The fraction of sp³-hybridized carbons (Fsp3) is 0.583. The SMILES string of the molecule is COC(=O)C(=O)/C(=C/N(C)C)C(=O)C(C)(C)C. The minimum Gasteiger partial charge on any atom is -0.463 e. The Labute approximate surface area is 101 Å². The van der Waals surface area contributed by atoms with Gasteiger partial charge < -0.3 is 9.64 Å². The number of carbonyl (C=O) groups excluding carboxylic acids is 3. The fourth-order valence-corrected chi connectivity index (χ4v) is 1.09. The number of ether oxygens (including phenoxy) is 1. The maximum atomic E-state index is 12.0. The number of hydrogen-bond acceptors (Lipinski definition) is 5. The number of Topliss-reactive ketones (excluding diaryl/α,β-unsaturated/α-hetero) is 2. The molecule has 0 aromatic heterocycles. The van der Waals surface area contributed by atoms with Crippen LogP contribution in [0.5, 0.6) is 0 Å². The summed E-state index contributed by atoms with van der Waals surface area (Å²) in [5, 5.41) is 0. The van der Waals surface area contributed by atoms with E-state index in [0.717, 1.165) is 7.11 Å². The molecule has 0 aliphatic rings. The van der Waals surface area contributed by atoms with Crippen LogP contribution in [0.1, 0.15) is 20.8 Å². The van der Waals surface area contributed by atoms with Crippen LogP contribution in [0, 0.1) is 5.41 Å². The smallest absolute Gasteiger partial charge is 0.379 e. The number of rotatable bonds is 4. The predicted octanol–water partition coefficient (Wildman–Crippen LogP) is 0.789. The average Bonchev–Trinajstić information content (AvgIpc) is 2.21. The fourth-order valence-electron chi connectivity index (χ4n) is 1.09. The van der Waals surface area contributed by atoms with Crippen molar-refractivity contribution in [1.29, 1.82) is 0 Å². The third kappa shape index (κ3) is 4.38. The molecule has 0 bridgehead atoms. The molecule has 5 nitrogen and oxygen atoms in total. The Bertz CT molecular complexity index is 361. The zero-order valence-corrected chi connectivity index (χ0v) is 11.2. The van der Waals surface area contributed by atoms with E-state index in [1.807, 2.05) is 0 Å². The van der Waals surface area contributed by atoms with Crippen LogP contribution in [0.4, 0.5) is 0 Å². The van der Waals surface area contributed by atoms with Gasteiger partial charge in [0.2, 0.25) is 0 Å². The Hall–Kier alpha value is -1.65. The summed E-state index contributed by atoms with van der Waals surface area (Å²) in [6.07, 6.45) is 1.34. The molecule has 0 saturated heterocycles. The lowest BCUT2D eigenvalue weighted by molar-refractivity contribution is -0.150. The lowest BCUT2D eigenvalue weighted by Gasteiger charge is -2.19. The van der Waals surface area contributed by atoms with E-state index in [1.54, 1.807) is 39.8 Å². The Morgan fingerprint density at radius 3 is 1.88 bits per heavy atom. The Morgan fingerprint density at radius 2 is 1.59 bits per heavy atom. The topological polar surface area (TPSA) is 63.7 Å². The summed E-state index contributed by atoms with van der Waals surface area (Å²) in [4.78, 5) is 36.5. The first kappa shape index (κ1) is 15.3. The van der Waals surface area contributed by atoms with Crippen molar-refractivity contribution in [3.8, 4) is 0 Å². The Kier molecular flexibility index (Phi) is 5.07. The van der Waals surface area contributed by atoms with Crippen molar-refractivity contribution in [3.63, 3.8) is 0 Å². The summed E-state index contributed by atoms with van der Waals surface area (Å²) in [6, 6.07) is 0. The highest BCUT2D eigenvalue weighted by Crippen LogP contribution is 2.21. The number of nitrogens with zero attached hydrogens (tertiary/aromatic N) is 1. The first-order chi connectivity index (χ1) is 7.61. The summed E-state index contributed by atoms with van der Waals surface area (Å²) in [5.41, 5.74) is -0.889. The van der Waals surface area contributed by atoms with Crippen molar-refractivity contribution in [1.82, 2.24) is 4.90 Å². The van der Waals surface area contributed by atoms with Crippen LogP contribution >= 0.6 is 0 Å². The molecule has 0 aliphatic heterocycles. The van der Waals surface area contributed by atoms with Crippen LogP contribution in [-0.2, 0) is 19.1 Å². The van der Waals surface area contributed by atoms with E-state index in [4.69, 9.17) is 0 Å². The molecule has 0 radical (unpaired) electrons. The van der Waals surface area contributed by atoms with Gasteiger partial charge >= 0.3 is 5.97 Å². The molecule has 17 heavy (non-hydrogen) atoms. The van der Waals surface area contributed by atoms with E-state index in [0.29, 0.717) is 0 Å². The second-order valence-corrected chi connectivity index (χ2v) is 4.91. The summed E-state index contributed by atoms with van der Waals surface area (Å²) in [5.74, 6) is -2.33. The third-order valence-electron chi connectivity index (χ3n) is 1.93. The number of carbonyl (C=O) groups is 3. The maximum Gasteiger partial charge on any atom is 0.379 e. The lowest BCUT2D eigenvalue weighted by atomic mass is 9.85. The second kappa shape index (κ2) is 5.61. The summed E-state index contributed by atoms with van der Waals surface area (Å²) in [6.45, 7) is 5.05. The second-order valence-electron chi connectivity index (χ2n) is 4.91. The van der Waals surface area contributed by atoms with Gasteiger partial charge in [-0.2, -0.15) is 0 Å². The molecule has 0 rings (SSSR count). The molecular weight excluding hydrogens is 222 g/mol. The molecule has 0 fully saturated rings. The highest BCUT2D eigenvalue weighted by Gasteiger charge is 2.32. The third-order valence-corrected chi connectivity index (χ3v) is 1.93.